The summed E-state index contributed by atoms with van der Waals surface area (Å²) in [5.41, 5.74) is 0.667. The quantitative estimate of drug-likeness (QED) is 0.677. The minimum atomic E-state index is 0.207. The van der Waals surface area contributed by atoms with Crippen molar-refractivity contribution < 1.29 is 5.11 Å². The van der Waals surface area contributed by atoms with Crippen LogP contribution >= 0.6 is 11.8 Å². The molecule has 94 valence electrons. The van der Waals surface area contributed by atoms with E-state index in [1.54, 1.807) is 29.1 Å². The lowest BCUT2D eigenvalue weighted by atomic mass is 10.2. The molecule has 0 aliphatic carbocycles. The highest BCUT2D eigenvalue weighted by Crippen LogP contribution is 2.16. The van der Waals surface area contributed by atoms with Crippen molar-refractivity contribution in [2.75, 3.05) is 6.26 Å². The molecule has 1 heterocycles. The number of benzene rings is 1. The first-order valence-electron chi connectivity index (χ1n) is 5.57. The Labute approximate surface area is 110 Å². The first-order valence-corrected chi connectivity index (χ1v) is 6.79. The van der Waals surface area contributed by atoms with E-state index < -0.39 is 0 Å². The lowest BCUT2D eigenvalue weighted by molar-refractivity contribution is 0.474. The zero-order valence-corrected chi connectivity index (χ0v) is 11.1. The Morgan fingerprint density at radius 3 is 2.83 bits per heavy atom. The molecule has 0 unspecified atom stereocenters. The van der Waals surface area contributed by atoms with Gasteiger partial charge in [-0.3, -0.25) is 0 Å². The minimum Gasteiger partial charge on any atom is -0.507 e. The molecule has 0 atom stereocenters. The van der Waals surface area contributed by atoms with E-state index in [2.05, 4.69) is 15.3 Å². The molecular formula is C12H14N4OS. The van der Waals surface area contributed by atoms with E-state index in [4.69, 9.17) is 0 Å². The number of nitrogens with zero attached hydrogens (tertiary/aromatic N) is 4. The van der Waals surface area contributed by atoms with Gasteiger partial charge in [0, 0.05) is 12.0 Å². The fourth-order valence-electron chi connectivity index (χ4n) is 1.48. The van der Waals surface area contributed by atoms with Crippen molar-refractivity contribution in [3.8, 4) is 5.75 Å². The topological polar surface area (TPSA) is 63.3 Å². The lowest BCUT2D eigenvalue weighted by Crippen LogP contribution is -1.98. The highest BCUT2D eigenvalue weighted by atomic mass is 32.2. The molecule has 0 aliphatic heterocycles. The van der Waals surface area contributed by atoms with Crippen LogP contribution in [0.15, 0.2) is 34.5 Å². The van der Waals surface area contributed by atoms with Crippen LogP contribution in [-0.4, -0.2) is 32.5 Å². The summed E-state index contributed by atoms with van der Waals surface area (Å²) < 4.78 is 1.69. The molecule has 1 aromatic carbocycles. The molecule has 0 saturated heterocycles. The van der Waals surface area contributed by atoms with E-state index in [0.29, 0.717) is 5.56 Å². The van der Waals surface area contributed by atoms with Crippen LogP contribution in [0.3, 0.4) is 0 Å². The van der Waals surface area contributed by atoms with E-state index in [0.717, 1.165) is 17.4 Å². The SMILES string of the molecule is CCc1nnc(SC)n1/N=C\c1ccccc1O. The van der Waals surface area contributed by atoms with Crippen LogP contribution in [0.5, 0.6) is 5.75 Å². The van der Waals surface area contributed by atoms with Gasteiger partial charge in [0.15, 0.2) is 5.82 Å². The second-order valence-electron chi connectivity index (χ2n) is 3.57. The molecule has 0 spiro atoms. The number of phenols is 1. The molecule has 0 saturated carbocycles. The number of hydrogen-bond donors (Lipinski definition) is 1. The van der Waals surface area contributed by atoms with Gasteiger partial charge in [0.25, 0.3) is 0 Å². The summed E-state index contributed by atoms with van der Waals surface area (Å²) in [6.45, 7) is 2.00. The Morgan fingerprint density at radius 1 is 1.39 bits per heavy atom. The van der Waals surface area contributed by atoms with E-state index in [9.17, 15) is 5.11 Å². The molecular weight excluding hydrogens is 248 g/mol. The largest absolute Gasteiger partial charge is 0.507 e. The van der Waals surface area contributed by atoms with Crippen molar-refractivity contribution in [1.29, 1.82) is 0 Å². The summed E-state index contributed by atoms with van der Waals surface area (Å²) in [4.78, 5) is 0. The van der Waals surface area contributed by atoms with Crippen LogP contribution in [0, 0.1) is 0 Å². The van der Waals surface area contributed by atoms with Crippen LogP contribution in [0.4, 0.5) is 0 Å². The molecule has 0 amide bonds. The summed E-state index contributed by atoms with van der Waals surface area (Å²) in [7, 11) is 0. The van der Waals surface area contributed by atoms with Gasteiger partial charge < -0.3 is 5.11 Å². The third-order valence-corrected chi connectivity index (χ3v) is 3.04. The van der Waals surface area contributed by atoms with Crippen molar-refractivity contribution in [1.82, 2.24) is 14.9 Å². The van der Waals surface area contributed by atoms with Crippen molar-refractivity contribution in [2.24, 2.45) is 5.10 Å². The maximum atomic E-state index is 9.66. The Hall–Kier alpha value is -1.82. The summed E-state index contributed by atoms with van der Waals surface area (Å²) in [5.74, 6) is 1.00. The number of aromatic hydroxyl groups is 1. The lowest BCUT2D eigenvalue weighted by Gasteiger charge is -2.01. The van der Waals surface area contributed by atoms with Gasteiger partial charge in [0.2, 0.25) is 5.16 Å². The molecule has 1 N–H and O–H groups in total. The molecule has 0 fully saturated rings. The molecule has 0 aliphatic rings. The second kappa shape index (κ2) is 5.68. The normalized spacial score (nSPS) is 11.2. The molecule has 1 aromatic heterocycles. The second-order valence-corrected chi connectivity index (χ2v) is 4.35. The zero-order valence-electron chi connectivity index (χ0n) is 10.2. The minimum absolute atomic E-state index is 0.207. The fraction of sp³-hybridized carbons (Fsp3) is 0.250. The number of aromatic nitrogens is 3. The summed E-state index contributed by atoms with van der Waals surface area (Å²) in [5, 5.41) is 22.8. The van der Waals surface area contributed by atoms with Crippen LogP contribution in [0.25, 0.3) is 0 Å². The predicted octanol–water partition coefficient (Wildman–Crippen LogP) is 2.15. The molecule has 2 aromatic rings. The zero-order chi connectivity index (χ0) is 13.0. The molecule has 18 heavy (non-hydrogen) atoms. The number of hydrogen-bond acceptors (Lipinski definition) is 5. The van der Waals surface area contributed by atoms with Crippen molar-refractivity contribution in [2.45, 2.75) is 18.5 Å². The Morgan fingerprint density at radius 2 is 2.17 bits per heavy atom. The molecule has 0 bridgehead atoms. The average molecular weight is 262 g/mol. The van der Waals surface area contributed by atoms with Crippen LogP contribution in [0.1, 0.15) is 18.3 Å². The average Bonchev–Trinajstić information content (AvgIpc) is 2.80. The van der Waals surface area contributed by atoms with E-state index in [-0.39, 0.29) is 5.75 Å². The van der Waals surface area contributed by atoms with Gasteiger partial charge in [-0.2, -0.15) is 9.78 Å². The first kappa shape index (κ1) is 12.6. The maximum absolute atomic E-state index is 9.66. The summed E-state index contributed by atoms with van der Waals surface area (Å²) >= 11 is 1.48. The summed E-state index contributed by atoms with van der Waals surface area (Å²) in [6.07, 6.45) is 4.29. The first-order chi connectivity index (χ1) is 8.76. The Kier molecular flexibility index (Phi) is 3.99. The number of rotatable bonds is 4. The summed E-state index contributed by atoms with van der Waals surface area (Å²) in [6, 6.07) is 7.05. The van der Waals surface area contributed by atoms with Gasteiger partial charge in [-0.1, -0.05) is 30.8 Å². The molecule has 5 nitrogen and oxygen atoms in total. The third kappa shape index (κ3) is 2.53. The highest BCUT2D eigenvalue weighted by molar-refractivity contribution is 7.98. The predicted molar refractivity (Wildman–Crippen MR) is 72.3 cm³/mol. The Bertz CT molecular complexity index is 543. The van der Waals surface area contributed by atoms with E-state index in [1.165, 1.54) is 11.8 Å². The van der Waals surface area contributed by atoms with Crippen LogP contribution in [0.2, 0.25) is 0 Å². The van der Waals surface area contributed by atoms with Gasteiger partial charge in [0.1, 0.15) is 5.75 Å². The third-order valence-electron chi connectivity index (χ3n) is 2.42. The van der Waals surface area contributed by atoms with Gasteiger partial charge >= 0.3 is 0 Å². The van der Waals surface area contributed by atoms with Crippen LogP contribution < -0.4 is 0 Å². The van der Waals surface area contributed by atoms with Gasteiger partial charge in [-0.15, -0.1) is 10.2 Å². The molecule has 2 rings (SSSR count). The van der Waals surface area contributed by atoms with Crippen molar-refractivity contribution >= 4 is 18.0 Å². The standard InChI is InChI=1S/C12H14N4OS/c1-3-11-14-15-12(18-2)16(11)13-8-9-6-4-5-7-10(9)17/h4-8,17H,3H2,1-2H3/b13-8-. The van der Waals surface area contributed by atoms with Crippen molar-refractivity contribution in [3.05, 3.63) is 35.7 Å². The number of phenolic OH excluding ortho intramolecular Hbond substituents is 1. The van der Waals surface area contributed by atoms with E-state index >= 15 is 0 Å². The number of aryl methyl sites for hydroxylation is 1. The highest BCUT2D eigenvalue weighted by Gasteiger charge is 2.08. The maximum Gasteiger partial charge on any atom is 0.211 e. The van der Waals surface area contributed by atoms with Gasteiger partial charge in [0.05, 0.1) is 6.21 Å². The van der Waals surface area contributed by atoms with Gasteiger partial charge in [-0.25, -0.2) is 0 Å². The monoisotopic (exact) mass is 262 g/mol. The van der Waals surface area contributed by atoms with Gasteiger partial charge in [-0.05, 0) is 18.4 Å². The fourth-order valence-corrected chi connectivity index (χ4v) is 1.92. The number of para-hydroxylation sites is 1. The molecule has 0 radical (unpaired) electrons. The van der Waals surface area contributed by atoms with Crippen molar-refractivity contribution in [3.63, 3.8) is 0 Å². The van der Waals surface area contributed by atoms with E-state index in [1.807, 2.05) is 19.2 Å². The Balaban J connectivity index is 2.34. The van der Waals surface area contributed by atoms with Crippen LogP contribution in [-0.2, 0) is 6.42 Å². The smallest absolute Gasteiger partial charge is 0.211 e. The molecule has 6 heteroatoms. The number of thioether (sulfide) groups is 1.